The van der Waals surface area contributed by atoms with Gasteiger partial charge in [-0.25, -0.2) is 4.79 Å². The largest absolute Gasteiger partial charge is 0.449 e. The molecule has 138 valence electrons. The van der Waals surface area contributed by atoms with Gasteiger partial charge in [-0.2, -0.15) is 0 Å². The first-order chi connectivity index (χ1) is 12.0. The maximum absolute atomic E-state index is 12.4. The van der Waals surface area contributed by atoms with Gasteiger partial charge >= 0.3 is 6.09 Å². The van der Waals surface area contributed by atoms with Crippen LogP contribution in [0.1, 0.15) is 30.9 Å². The molecular formula is C19H29N3O3. The average molecular weight is 347 g/mol. The Balaban J connectivity index is 1.85. The van der Waals surface area contributed by atoms with Crippen LogP contribution in [0.3, 0.4) is 0 Å². The van der Waals surface area contributed by atoms with Gasteiger partial charge in [-0.1, -0.05) is 25.1 Å². The standard InChI is InChI=1S/C19H29N3O3/c1-4-13-25-19(24)22-10-6-9-21(11-12-22)14-17(23)20-18-15(2)7-5-8-16(18)3/h5,7-8H,4,6,9-14H2,1-3H3,(H,20,23). The summed E-state index contributed by atoms with van der Waals surface area (Å²) in [4.78, 5) is 28.2. The van der Waals surface area contributed by atoms with Crippen LogP contribution in [0.4, 0.5) is 10.5 Å². The van der Waals surface area contributed by atoms with Gasteiger partial charge in [0.2, 0.25) is 5.91 Å². The van der Waals surface area contributed by atoms with E-state index in [4.69, 9.17) is 4.74 Å². The first-order valence-electron chi connectivity index (χ1n) is 9.01. The van der Waals surface area contributed by atoms with Crippen molar-refractivity contribution in [2.45, 2.75) is 33.6 Å². The van der Waals surface area contributed by atoms with Gasteiger partial charge in [0, 0.05) is 31.9 Å². The van der Waals surface area contributed by atoms with Gasteiger partial charge in [0.05, 0.1) is 13.2 Å². The Morgan fingerprint density at radius 2 is 1.84 bits per heavy atom. The highest BCUT2D eigenvalue weighted by molar-refractivity contribution is 5.93. The average Bonchev–Trinajstić information content (AvgIpc) is 2.82. The molecular weight excluding hydrogens is 318 g/mol. The molecule has 0 saturated carbocycles. The predicted molar refractivity (Wildman–Crippen MR) is 98.8 cm³/mol. The zero-order valence-electron chi connectivity index (χ0n) is 15.5. The number of amides is 2. The molecule has 2 rings (SSSR count). The van der Waals surface area contributed by atoms with Crippen LogP contribution < -0.4 is 5.32 Å². The van der Waals surface area contributed by atoms with Crippen LogP contribution in [0.15, 0.2) is 18.2 Å². The number of benzene rings is 1. The minimum Gasteiger partial charge on any atom is -0.449 e. The summed E-state index contributed by atoms with van der Waals surface area (Å²) in [5, 5.41) is 3.02. The number of nitrogens with one attached hydrogen (secondary N) is 1. The van der Waals surface area contributed by atoms with E-state index >= 15 is 0 Å². The first kappa shape index (κ1) is 19.2. The SMILES string of the molecule is CCCOC(=O)N1CCCN(CC(=O)Nc2c(C)cccc2C)CC1. The van der Waals surface area contributed by atoms with Gasteiger partial charge in [0.25, 0.3) is 0 Å². The molecule has 0 spiro atoms. The number of rotatable bonds is 5. The zero-order chi connectivity index (χ0) is 18.2. The molecule has 6 nitrogen and oxygen atoms in total. The molecule has 1 aromatic rings. The normalized spacial score (nSPS) is 15.6. The van der Waals surface area contributed by atoms with Gasteiger partial charge in [-0.05, 0) is 37.8 Å². The van der Waals surface area contributed by atoms with Crippen LogP contribution in [-0.4, -0.2) is 61.1 Å². The van der Waals surface area contributed by atoms with Gasteiger partial charge in [-0.3, -0.25) is 9.69 Å². The highest BCUT2D eigenvalue weighted by Crippen LogP contribution is 2.19. The Labute approximate surface area is 150 Å². The fraction of sp³-hybridized carbons (Fsp3) is 0.579. The van der Waals surface area contributed by atoms with Crippen molar-refractivity contribution >= 4 is 17.7 Å². The number of aryl methyl sites for hydroxylation is 2. The molecule has 1 aliphatic heterocycles. The summed E-state index contributed by atoms with van der Waals surface area (Å²) >= 11 is 0. The molecule has 0 unspecified atom stereocenters. The van der Waals surface area contributed by atoms with E-state index in [1.54, 1.807) is 4.90 Å². The van der Waals surface area contributed by atoms with E-state index < -0.39 is 0 Å². The second kappa shape index (κ2) is 9.42. The molecule has 1 N–H and O–H groups in total. The number of hydrogen-bond donors (Lipinski definition) is 1. The minimum absolute atomic E-state index is 0.0144. The second-order valence-corrected chi connectivity index (χ2v) is 6.55. The van der Waals surface area contributed by atoms with E-state index in [9.17, 15) is 9.59 Å². The van der Waals surface area contributed by atoms with Gasteiger partial charge in [-0.15, -0.1) is 0 Å². The molecule has 1 fully saturated rings. The van der Waals surface area contributed by atoms with Crippen molar-refractivity contribution in [2.24, 2.45) is 0 Å². The number of hydrogen-bond acceptors (Lipinski definition) is 4. The molecule has 1 aromatic carbocycles. The Kier molecular flexibility index (Phi) is 7.25. The van der Waals surface area contributed by atoms with Crippen LogP contribution in [0.2, 0.25) is 0 Å². The lowest BCUT2D eigenvalue weighted by Gasteiger charge is -2.21. The lowest BCUT2D eigenvalue weighted by molar-refractivity contribution is -0.117. The number of anilines is 1. The van der Waals surface area contributed by atoms with Gasteiger partial charge in [0.15, 0.2) is 0 Å². The zero-order valence-corrected chi connectivity index (χ0v) is 15.5. The monoisotopic (exact) mass is 347 g/mol. The first-order valence-corrected chi connectivity index (χ1v) is 9.01. The highest BCUT2D eigenvalue weighted by atomic mass is 16.6. The fourth-order valence-electron chi connectivity index (χ4n) is 2.99. The summed E-state index contributed by atoms with van der Waals surface area (Å²) in [6, 6.07) is 5.98. The van der Waals surface area contributed by atoms with E-state index in [1.165, 1.54) is 0 Å². The van der Waals surface area contributed by atoms with Crippen molar-refractivity contribution in [3.05, 3.63) is 29.3 Å². The van der Waals surface area contributed by atoms with E-state index in [2.05, 4.69) is 10.2 Å². The summed E-state index contributed by atoms with van der Waals surface area (Å²) in [6.07, 6.45) is 1.42. The highest BCUT2D eigenvalue weighted by Gasteiger charge is 2.21. The van der Waals surface area contributed by atoms with E-state index in [-0.39, 0.29) is 12.0 Å². The number of carbonyl (C=O) groups is 2. The smallest absolute Gasteiger partial charge is 0.409 e. The number of nitrogens with zero attached hydrogens (tertiary/aromatic N) is 2. The molecule has 2 amide bonds. The summed E-state index contributed by atoms with van der Waals surface area (Å²) in [5.74, 6) is -0.0144. The van der Waals surface area contributed by atoms with Crippen LogP contribution in [0.25, 0.3) is 0 Å². The van der Waals surface area contributed by atoms with Crippen molar-refractivity contribution in [2.75, 3.05) is 44.6 Å². The molecule has 0 atom stereocenters. The molecule has 0 aliphatic carbocycles. The molecule has 25 heavy (non-hydrogen) atoms. The molecule has 1 heterocycles. The van der Waals surface area contributed by atoms with E-state index in [1.807, 2.05) is 39.0 Å². The number of carbonyl (C=O) groups excluding carboxylic acids is 2. The van der Waals surface area contributed by atoms with E-state index in [0.29, 0.717) is 32.8 Å². The van der Waals surface area contributed by atoms with Crippen molar-refractivity contribution in [3.8, 4) is 0 Å². The van der Waals surface area contributed by atoms with Crippen molar-refractivity contribution in [1.82, 2.24) is 9.80 Å². The van der Waals surface area contributed by atoms with Crippen LogP contribution >= 0.6 is 0 Å². The third-order valence-electron chi connectivity index (χ3n) is 4.39. The lowest BCUT2D eigenvalue weighted by atomic mass is 10.1. The maximum Gasteiger partial charge on any atom is 0.409 e. The van der Waals surface area contributed by atoms with Gasteiger partial charge in [0.1, 0.15) is 0 Å². The maximum atomic E-state index is 12.4. The third-order valence-corrected chi connectivity index (χ3v) is 4.39. The third kappa shape index (κ3) is 5.74. The van der Waals surface area contributed by atoms with Crippen molar-refractivity contribution in [3.63, 3.8) is 0 Å². The molecule has 0 radical (unpaired) electrons. The molecule has 0 bridgehead atoms. The van der Waals surface area contributed by atoms with Crippen LogP contribution in [0.5, 0.6) is 0 Å². The molecule has 6 heteroatoms. The molecule has 0 aromatic heterocycles. The topological polar surface area (TPSA) is 61.9 Å². The predicted octanol–water partition coefficient (Wildman–Crippen LogP) is 2.80. The fourth-order valence-corrected chi connectivity index (χ4v) is 2.99. The number of para-hydroxylation sites is 1. The Hall–Kier alpha value is -2.08. The van der Waals surface area contributed by atoms with Crippen molar-refractivity contribution in [1.29, 1.82) is 0 Å². The summed E-state index contributed by atoms with van der Waals surface area (Å²) in [5.41, 5.74) is 3.02. The Bertz CT molecular complexity index is 583. The Morgan fingerprint density at radius 1 is 1.12 bits per heavy atom. The molecule has 1 aliphatic rings. The Morgan fingerprint density at radius 3 is 2.52 bits per heavy atom. The molecule has 1 saturated heterocycles. The van der Waals surface area contributed by atoms with E-state index in [0.717, 1.165) is 36.2 Å². The van der Waals surface area contributed by atoms with Crippen molar-refractivity contribution < 1.29 is 14.3 Å². The second-order valence-electron chi connectivity index (χ2n) is 6.55. The van der Waals surface area contributed by atoms with Crippen LogP contribution in [0, 0.1) is 13.8 Å². The van der Waals surface area contributed by atoms with Gasteiger partial charge < -0.3 is 15.0 Å². The summed E-state index contributed by atoms with van der Waals surface area (Å²) < 4.78 is 5.20. The number of ether oxygens (including phenoxy) is 1. The summed E-state index contributed by atoms with van der Waals surface area (Å²) in [6.45, 7) is 9.52. The van der Waals surface area contributed by atoms with Crippen LogP contribution in [-0.2, 0) is 9.53 Å². The minimum atomic E-state index is -0.247. The lowest BCUT2D eigenvalue weighted by Crippen LogP contribution is -2.38. The summed E-state index contributed by atoms with van der Waals surface area (Å²) in [7, 11) is 0. The quantitative estimate of drug-likeness (QED) is 0.890.